The van der Waals surface area contributed by atoms with Gasteiger partial charge >= 0.3 is 0 Å². The summed E-state index contributed by atoms with van der Waals surface area (Å²) in [6, 6.07) is 2.91. The normalized spacial score (nSPS) is 11.9. The molecule has 0 radical (unpaired) electrons. The second-order valence-corrected chi connectivity index (χ2v) is 3.29. The van der Waals surface area contributed by atoms with E-state index in [4.69, 9.17) is 10.5 Å². The fraction of sp³-hybridized carbons (Fsp3) is 0.300. The molecule has 6 nitrogen and oxygen atoms in total. The van der Waals surface area contributed by atoms with Gasteiger partial charge in [0.25, 0.3) is 11.6 Å². The van der Waals surface area contributed by atoms with Gasteiger partial charge in [-0.05, 0) is 12.5 Å². The van der Waals surface area contributed by atoms with Crippen LogP contribution in [-0.4, -0.2) is 16.9 Å². The van der Waals surface area contributed by atoms with Crippen molar-refractivity contribution in [1.82, 2.24) is 0 Å². The molecule has 0 bridgehead atoms. The Balaban J connectivity index is 2.93. The molecule has 0 aromatic heterocycles. The monoisotopic (exact) mass is 242 g/mol. The van der Waals surface area contributed by atoms with E-state index in [0.29, 0.717) is 0 Å². The number of hydrogen-bond acceptors (Lipinski definition) is 4. The molecule has 92 valence electrons. The highest BCUT2D eigenvalue weighted by Crippen LogP contribution is 2.23. The highest BCUT2D eigenvalue weighted by molar-refractivity contribution is 5.79. The summed E-state index contributed by atoms with van der Waals surface area (Å²) < 4.78 is 18.4. The quantitative estimate of drug-likeness (QED) is 0.623. The minimum absolute atomic E-state index is 0.235. The molecule has 1 unspecified atom stereocenters. The number of benzene rings is 1. The molecule has 7 heteroatoms. The van der Waals surface area contributed by atoms with Crippen molar-refractivity contribution < 1.29 is 18.8 Å². The summed E-state index contributed by atoms with van der Waals surface area (Å²) in [5.74, 6) is -1.86. The average Bonchev–Trinajstić information content (AvgIpc) is 2.26. The number of rotatable bonds is 5. The Morgan fingerprint density at radius 3 is 2.71 bits per heavy atom. The van der Waals surface area contributed by atoms with Crippen molar-refractivity contribution in [2.75, 3.05) is 0 Å². The second-order valence-electron chi connectivity index (χ2n) is 3.29. The van der Waals surface area contributed by atoms with Gasteiger partial charge in [-0.25, -0.2) is 4.39 Å². The number of ether oxygens (including phenoxy) is 1. The number of nitro groups is 1. The van der Waals surface area contributed by atoms with Crippen LogP contribution in [0.1, 0.15) is 13.3 Å². The largest absolute Gasteiger partial charge is 0.478 e. The van der Waals surface area contributed by atoms with Crippen LogP contribution in [0.15, 0.2) is 18.2 Å². The Morgan fingerprint density at radius 2 is 2.29 bits per heavy atom. The first-order valence-electron chi connectivity index (χ1n) is 4.85. The first-order valence-corrected chi connectivity index (χ1v) is 4.85. The highest BCUT2D eigenvalue weighted by Gasteiger charge is 2.18. The summed E-state index contributed by atoms with van der Waals surface area (Å²) in [7, 11) is 0. The molecule has 0 saturated heterocycles. The maximum atomic E-state index is 13.4. The van der Waals surface area contributed by atoms with Crippen LogP contribution in [-0.2, 0) is 4.79 Å². The van der Waals surface area contributed by atoms with Crippen molar-refractivity contribution in [2.24, 2.45) is 5.73 Å². The number of nitrogens with zero attached hydrogens (tertiary/aromatic N) is 1. The molecule has 2 N–H and O–H groups in total. The molecule has 1 atom stereocenters. The van der Waals surface area contributed by atoms with E-state index in [9.17, 15) is 19.3 Å². The van der Waals surface area contributed by atoms with Gasteiger partial charge in [0, 0.05) is 6.07 Å². The highest BCUT2D eigenvalue weighted by atomic mass is 19.1. The molecule has 0 aliphatic rings. The lowest BCUT2D eigenvalue weighted by atomic mass is 10.2. The van der Waals surface area contributed by atoms with Gasteiger partial charge in [-0.15, -0.1) is 0 Å². The van der Waals surface area contributed by atoms with Crippen LogP contribution in [0, 0.1) is 15.9 Å². The lowest BCUT2D eigenvalue weighted by molar-refractivity contribution is -0.385. The first kappa shape index (κ1) is 12.9. The summed E-state index contributed by atoms with van der Waals surface area (Å²) in [5.41, 5.74) is 4.64. The third kappa shape index (κ3) is 3.13. The van der Waals surface area contributed by atoms with Gasteiger partial charge in [0.2, 0.25) is 0 Å². The van der Waals surface area contributed by atoms with Crippen molar-refractivity contribution in [2.45, 2.75) is 19.4 Å². The van der Waals surface area contributed by atoms with Crippen LogP contribution < -0.4 is 10.5 Å². The summed E-state index contributed by atoms with van der Waals surface area (Å²) >= 11 is 0. The third-order valence-corrected chi connectivity index (χ3v) is 2.08. The molecule has 0 saturated carbocycles. The van der Waals surface area contributed by atoms with Crippen molar-refractivity contribution in [1.29, 1.82) is 0 Å². The molecular formula is C10H11FN2O4. The Hall–Kier alpha value is -2.18. The fourth-order valence-corrected chi connectivity index (χ4v) is 1.19. The summed E-state index contributed by atoms with van der Waals surface area (Å²) in [6.07, 6.45) is -0.669. The minimum Gasteiger partial charge on any atom is -0.478 e. The Morgan fingerprint density at radius 1 is 1.65 bits per heavy atom. The van der Waals surface area contributed by atoms with E-state index in [-0.39, 0.29) is 17.9 Å². The SMILES string of the molecule is CCC(Oc1ccc([N+](=O)[O-])cc1F)C(N)=O. The van der Waals surface area contributed by atoms with Crippen LogP contribution in [0.5, 0.6) is 5.75 Å². The molecule has 17 heavy (non-hydrogen) atoms. The van der Waals surface area contributed by atoms with Crippen LogP contribution >= 0.6 is 0 Å². The maximum Gasteiger partial charge on any atom is 0.272 e. The molecule has 1 aromatic carbocycles. The predicted octanol–water partition coefficient (Wildman–Crippen LogP) is 1.38. The van der Waals surface area contributed by atoms with E-state index >= 15 is 0 Å². The molecule has 0 heterocycles. The van der Waals surface area contributed by atoms with Crippen LogP contribution in [0.2, 0.25) is 0 Å². The van der Waals surface area contributed by atoms with E-state index in [0.717, 1.165) is 18.2 Å². The van der Waals surface area contributed by atoms with Gasteiger partial charge < -0.3 is 10.5 Å². The second kappa shape index (κ2) is 5.24. The molecule has 1 amide bonds. The van der Waals surface area contributed by atoms with E-state index in [1.165, 1.54) is 0 Å². The number of hydrogen-bond donors (Lipinski definition) is 1. The molecule has 0 aliphatic carbocycles. The van der Waals surface area contributed by atoms with E-state index in [1.54, 1.807) is 6.92 Å². The van der Waals surface area contributed by atoms with Crippen molar-refractivity contribution in [3.05, 3.63) is 34.1 Å². The standard InChI is InChI=1S/C10H11FN2O4/c1-2-8(10(12)14)17-9-4-3-6(13(15)16)5-7(9)11/h3-5,8H,2H2,1H3,(H2,12,14). The van der Waals surface area contributed by atoms with Gasteiger partial charge in [0.1, 0.15) is 0 Å². The van der Waals surface area contributed by atoms with Crippen molar-refractivity contribution in [3.8, 4) is 5.75 Å². The first-order chi connectivity index (χ1) is 7.95. The van der Waals surface area contributed by atoms with Crippen molar-refractivity contribution in [3.63, 3.8) is 0 Å². The number of amides is 1. The van der Waals surface area contributed by atoms with Gasteiger partial charge in [-0.3, -0.25) is 14.9 Å². The number of carbonyl (C=O) groups excluding carboxylic acids is 1. The van der Waals surface area contributed by atoms with Gasteiger partial charge in [-0.2, -0.15) is 0 Å². The lowest BCUT2D eigenvalue weighted by Crippen LogP contribution is -2.33. The van der Waals surface area contributed by atoms with E-state index in [1.807, 2.05) is 0 Å². The van der Waals surface area contributed by atoms with E-state index < -0.39 is 22.8 Å². The number of non-ortho nitro benzene ring substituents is 1. The van der Waals surface area contributed by atoms with Gasteiger partial charge in [-0.1, -0.05) is 6.92 Å². The zero-order chi connectivity index (χ0) is 13.0. The zero-order valence-corrected chi connectivity index (χ0v) is 9.05. The van der Waals surface area contributed by atoms with Gasteiger partial charge in [0.15, 0.2) is 17.7 Å². The topological polar surface area (TPSA) is 95.5 Å². The Labute approximate surface area is 96.3 Å². The van der Waals surface area contributed by atoms with Crippen LogP contribution in [0.25, 0.3) is 0 Å². The Kier molecular flexibility index (Phi) is 3.97. The predicted molar refractivity (Wildman–Crippen MR) is 57.0 cm³/mol. The minimum atomic E-state index is -0.953. The van der Waals surface area contributed by atoms with E-state index in [2.05, 4.69) is 0 Å². The molecule has 1 aromatic rings. The van der Waals surface area contributed by atoms with Gasteiger partial charge in [0.05, 0.1) is 11.0 Å². The summed E-state index contributed by atoms with van der Waals surface area (Å²) in [4.78, 5) is 20.5. The molecule has 0 spiro atoms. The number of nitrogens with two attached hydrogens (primary N) is 1. The lowest BCUT2D eigenvalue weighted by Gasteiger charge is -2.14. The average molecular weight is 242 g/mol. The number of halogens is 1. The molecular weight excluding hydrogens is 231 g/mol. The fourth-order valence-electron chi connectivity index (χ4n) is 1.19. The molecule has 0 aliphatic heterocycles. The maximum absolute atomic E-state index is 13.4. The van der Waals surface area contributed by atoms with Crippen LogP contribution in [0.3, 0.4) is 0 Å². The van der Waals surface area contributed by atoms with Crippen molar-refractivity contribution >= 4 is 11.6 Å². The smallest absolute Gasteiger partial charge is 0.272 e. The summed E-state index contributed by atoms with van der Waals surface area (Å²) in [6.45, 7) is 1.65. The third-order valence-electron chi connectivity index (χ3n) is 2.08. The summed E-state index contributed by atoms with van der Waals surface area (Å²) in [5, 5.41) is 10.4. The molecule has 1 rings (SSSR count). The number of nitro benzene ring substituents is 1. The zero-order valence-electron chi connectivity index (χ0n) is 9.05. The number of carbonyl (C=O) groups is 1. The van der Waals surface area contributed by atoms with Crippen LogP contribution in [0.4, 0.5) is 10.1 Å². The Bertz CT molecular complexity index is 450. The number of primary amides is 1. The molecule has 0 fully saturated rings.